The van der Waals surface area contributed by atoms with Gasteiger partial charge in [0.15, 0.2) is 6.10 Å². The SMILES string of the molecule is CC[C@@H](C(=O)O[C@@H](C)C(=O)NC(=O)NC)c1ccccc1. The molecule has 0 unspecified atom stereocenters. The van der Waals surface area contributed by atoms with Gasteiger partial charge in [-0.05, 0) is 18.9 Å². The van der Waals surface area contributed by atoms with Gasteiger partial charge in [0.2, 0.25) is 0 Å². The minimum Gasteiger partial charge on any atom is -0.452 e. The van der Waals surface area contributed by atoms with Crippen LogP contribution in [0.15, 0.2) is 30.3 Å². The van der Waals surface area contributed by atoms with Gasteiger partial charge in [-0.3, -0.25) is 14.9 Å². The highest BCUT2D eigenvalue weighted by molar-refractivity contribution is 5.97. The molecule has 0 radical (unpaired) electrons. The number of hydrogen-bond acceptors (Lipinski definition) is 4. The van der Waals surface area contributed by atoms with Crippen molar-refractivity contribution in [1.29, 1.82) is 0 Å². The van der Waals surface area contributed by atoms with Gasteiger partial charge >= 0.3 is 12.0 Å². The Morgan fingerprint density at radius 2 is 1.81 bits per heavy atom. The number of hydrogen-bond donors (Lipinski definition) is 2. The first-order valence-corrected chi connectivity index (χ1v) is 6.77. The number of benzene rings is 1. The van der Waals surface area contributed by atoms with E-state index < -0.39 is 29.9 Å². The van der Waals surface area contributed by atoms with Crippen LogP contribution in [0.3, 0.4) is 0 Å². The molecule has 0 aliphatic carbocycles. The minimum atomic E-state index is -1.03. The van der Waals surface area contributed by atoms with Crippen molar-refractivity contribution >= 4 is 17.9 Å². The van der Waals surface area contributed by atoms with Gasteiger partial charge in [0.05, 0.1) is 5.92 Å². The number of carbonyl (C=O) groups is 3. The number of esters is 1. The molecule has 1 rings (SSSR count). The quantitative estimate of drug-likeness (QED) is 0.807. The molecule has 0 aliphatic rings. The summed E-state index contributed by atoms with van der Waals surface area (Å²) in [5.74, 6) is -1.57. The summed E-state index contributed by atoms with van der Waals surface area (Å²) >= 11 is 0. The third kappa shape index (κ3) is 4.91. The van der Waals surface area contributed by atoms with Crippen molar-refractivity contribution in [3.05, 3.63) is 35.9 Å². The van der Waals surface area contributed by atoms with Crippen molar-refractivity contribution in [3.8, 4) is 0 Å². The van der Waals surface area contributed by atoms with E-state index in [1.165, 1.54) is 14.0 Å². The fourth-order valence-electron chi connectivity index (χ4n) is 1.81. The molecule has 0 aliphatic heterocycles. The molecule has 0 saturated heterocycles. The highest BCUT2D eigenvalue weighted by atomic mass is 16.5. The number of ether oxygens (including phenoxy) is 1. The zero-order valence-corrected chi connectivity index (χ0v) is 12.4. The summed E-state index contributed by atoms with van der Waals surface area (Å²) in [7, 11) is 1.39. The third-order valence-electron chi connectivity index (χ3n) is 3.02. The Bertz CT molecular complexity index is 502. The maximum Gasteiger partial charge on any atom is 0.321 e. The number of rotatable bonds is 5. The molecule has 3 amide bonds. The van der Waals surface area contributed by atoms with Gasteiger partial charge in [-0.25, -0.2) is 4.79 Å². The second-order valence-corrected chi connectivity index (χ2v) is 4.52. The molecule has 6 heteroatoms. The average Bonchev–Trinajstić information content (AvgIpc) is 2.48. The van der Waals surface area contributed by atoms with Crippen LogP contribution in [0.25, 0.3) is 0 Å². The lowest BCUT2D eigenvalue weighted by molar-refractivity contribution is -0.156. The second kappa shape index (κ2) is 8.04. The predicted molar refractivity (Wildman–Crippen MR) is 77.6 cm³/mol. The molecule has 21 heavy (non-hydrogen) atoms. The van der Waals surface area contributed by atoms with Gasteiger partial charge in [0.1, 0.15) is 0 Å². The Balaban J connectivity index is 2.66. The van der Waals surface area contributed by atoms with Crippen LogP contribution in [0.2, 0.25) is 0 Å². The third-order valence-corrected chi connectivity index (χ3v) is 3.02. The summed E-state index contributed by atoms with van der Waals surface area (Å²) in [5, 5.41) is 4.32. The fraction of sp³-hybridized carbons (Fsp3) is 0.400. The van der Waals surface area contributed by atoms with Crippen LogP contribution in [0.5, 0.6) is 0 Å². The molecule has 2 atom stereocenters. The summed E-state index contributed by atoms with van der Waals surface area (Å²) in [6, 6.07) is 8.58. The van der Waals surface area contributed by atoms with Gasteiger partial charge in [-0.15, -0.1) is 0 Å². The number of nitrogens with one attached hydrogen (secondary N) is 2. The highest BCUT2D eigenvalue weighted by Gasteiger charge is 2.25. The lowest BCUT2D eigenvalue weighted by Crippen LogP contribution is -2.43. The minimum absolute atomic E-state index is 0.429. The van der Waals surface area contributed by atoms with Crippen LogP contribution >= 0.6 is 0 Å². The number of imide groups is 1. The fourth-order valence-corrected chi connectivity index (χ4v) is 1.81. The van der Waals surface area contributed by atoms with E-state index >= 15 is 0 Å². The monoisotopic (exact) mass is 292 g/mol. The average molecular weight is 292 g/mol. The lowest BCUT2D eigenvalue weighted by atomic mass is 9.97. The Kier molecular flexibility index (Phi) is 6.39. The van der Waals surface area contributed by atoms with Crippen molar-refractivity contribution in [2.45, 2.75) is 32.3 Å². The first kappa shape index (κ1) is 16.7. The smallest absolute Gasteiger partial charge is 0.321 e. The van der Waals surface area contributed by atoms with Gasteiger partial charge in [0.25, 0.3) is 5.91 Å². The van der Waals surface area contributed by atoms with Crippen LogP contribution in [-0.2, 0) is 14.3 Å². The van der Waals surface area contributed by atoms with E-state index in [2.05, 4.69) is 10.6 Å². The largest absolute Gasteiger partial charge is 0.452 e. The van der Waals surface area contributed by atoms with E-state index in [-0.39, 0.29) is 0 Å². The Morgan fingerprint density at radius 3 is 2.33 bits per heavy atom. The molecule has 0 saturated carbocycles. The van der Waals surface area contributed by atoms with Crippen LogP contribution in [-0.4, -0.2) is 31.1 Å². The predicted octanol–water partition coefficient (Wildman–Crippen LogP) is 1.57. The first-order valence-electron chi connectivity index (χ1n) is 6.77. The van der Waals surface area contributed by atoms with E-state index in [1.54, 1.807) is 0 Å². The zero-order chi connectivity index (χ0) is 15.8. The molecule has 0 spiro atoms. The molecule has 0 fully saturated rings. The Labute approximate surface area is 123 Å². The standard InChI is InChI=1S/C15H20N2O4/c1-4-12(11-8-6-5-7-9-11)14(19)21-10(2)13(18)17-15(20)16-3/h5-10,12H,4H2,1-3H3,(H2,16,17,18,20)/t10-,12+/m0/s1. The summed E-state index contributed by atoms with van der Waals surface area (Å²) in [6.07, 6.45) is -0.473. The van der Waals surface area contributed by atoms with Gasteiger partial charge in [-0.2, -0.15) is 0 Å². The van der Waals surface area contributed by atoms with Crippen LogP contribution in [0.1, 0.15) is 31.7 Å². The molecule has 2 N–H and O–H groups in total. The second-order valence-electron chi connectivity index (χ2n) is 4.52. The molecular weight excluding hydrogens is 272 g/mol. The summed E-state index contributed by atoms with van der Waals surface area (Å²) in [4.78, 5) is 34.8. The topological polar surface area (TPSA) is 84.5 Å². The van der Waals surface area contributed by atoms with E-state index in [0.29, 0.717) is 6.42 Å². The molecule has 114 valence electrons. The van der Waals surface area contributed by atoms with E-state index in [1.807, 2.05) is 37.3 Å². The number of carbonyl (C=O) groups excluding carboxylic acids is 3. The number of urea groups is 1. The molecule has 0 heterocycles. The van der Waals surface area contributed by atoms with E-state index in [9.17, 15) is 14.4 Å². The Hall–Kier alpha value is -2.37. The molecule has 1 aromatic carbocycles. The van der Waals surface area contributed by atoms with Crippen molar-refractivity contribution in [3.63, 3.8) is 0 Å². The molecular formula is C15H20N2O4. The van der Waals surface area contributed by atoms with Crippen molar-refractivity contribution < 1.29 is 19.1 Å². The van der Waals surface area contributed by atoms with Gasteiger partial charge in [0, 0.05) is 7.05 Å². The normalized spacial score (nSPS) is 12.9. The van der Waals surface area contributed by atoms with E-state index in [0.717, 1.165) is 5.56 Å². The Morgan fingerprint density at radius 1 is 1.19 bits per heavy atom. The summed E-state index contributed by atoms with van der Waals surface area (Å²) < 4.78 is 5.13. The maximum absolute atomic E-state index is 12.1. The van der Waals surface area contributed by atoms with Gasteiger partial charge < -0.3 is 10.1 Å². The molecule has 6 nitrogen and oxygen atoms in total. The van der Waals surface area contributed by atoms with Crippen molar-refractivity contribution in [2.75, 3.05) is 7.05 Å². The zero-order valence-electron chi connectivity index (χ0n) is 12.4. The van der Waals surface area contributed by atoms with Crippen LogP contribution < -0.4 is 10.6 Å². The molecule has 0 bridgehead atoms. The number of amides is 3. The summed E-state index contributed by atoms with van der Waals surface area (Å²) in [5.41, 5.74) is 0.837. The lowest BCUT2D eigenvalue weighted by Gasteiger charge is -2.18. The van der Waals surface area contributed by atoms with Crippen LogP contribution in [0, 0.1) is 0 Å². The molecule has 0 aromatic heterocycles. The summed E-state index contributed by atoms with van der Waals surface area (Å²) in [6.45, 7) is 3.29. The van der Waals surface area contributed by atoms with Crippen molar-refractivity contribution in [1.82, 2.24) is 10.6 Å². The van der Waals surface area contributed by atoms with Crippen LogP contribution in [0.4, 0.5) is 4.79 Å². The van der Waals surface area contributed by atoms with Crippen molar-refractivity contribution in [2.24, 2.45) is 0 Å². The first-order chi connectivity index (χ1) is 9.99. The molecule has 1 aromatic rings. The van der Waals surface area contributed by atoms with E-state index in [4.69, 9.17) is 4.74 Å². The van der Waals surface area contributed by atoms with Gasteiger partial charge in [-0.1, -0.05) is 37.3 Å². The highest BCUT2D eigenvalue weighted by Crippen LogP contribution is 2.21. The maximum atomic E-state index is 12.1.